The number of ether oxygens (including phenoxy) is 1. The zero-order valence-corrected chi connectivity index (χ0v) is 16.5. The summed E-state index contributed by atoms with van der Waals surface area (Å²) in [5.74, 6) is -0.202. The molecule has 28 heavy (non-hydrogen) atoms. The van der Waals surface area contributed by atoms with Gasteiger partial charge in [0, 0.05) is 11.3 Å². The Balaban J connectivity index is 1.61. The maximum absolute atomic E-state index is 12.3. The molecule has 144 valence electrons. The van der Waals surface area contributed by atoms with E-state index in [0.717, 1.165) is 28.5 Å². The van der Waals surface area contributed by atoms with E-state index in [2.05, 4.69) is 15.5 Å². The Bertz CT molecular complexity index is 999. The summed E-state index contributed by atoms with van der Waals surface area (Å²) < 4.78 is 10.3. The first-order chi connectivity index (χ1) is 13.5. The van der Waals surface area contributed by atoms with Crippen molar-refractivity contribution in [1.82, 2.24) is 10.2 Å². The number of carbonyl (C=O) groups excluding carboxylic acids is 2. The SMILES string of the molecule is COC(=O)c1ccc(C)c(NC(=O)CSc2nnc(-c3ccc(C)cc3)o2)c1. The van der Waals surface area contributed by atoms with E-state index in [1.54, 1.807) is 18.2 Å². The first-order valence-corrected chi connectivity index (χ1v) is 9.47. The number of hydrogen-bond acceptors (Lipinski definition) is 7. The highest BCUT2D eigenvalue weighted by Gasteiger charge is 2.13. The minimum absolute atomic E-state index is 0.0947. The second kappa shape index (κ2) is 8.71. The molecule has 3 aromatic rings. The van der Waals surface area contributed by atoms with E-state index in [0.29, 0.717) is 22.4 Å². The lowest BCUT2D eigenvalue weighted by Crippen LogP contribution is -2.15. The van der Waals surface area contributed by atoms with Gasteiger partial charge in [-0.1, -0.05) is 35.5 Å². The molecule has 3 rings (SSSR count). The van der Waals surface area contributed by atoms with Crippen LogP contribution in [0.4, 0.5) is 5.69 Å². The molecule has 0 saturated carbocycles. The molecule has 1 heterocycles. The Labute approximate surface area is 166 Å². The zero-order chi connectivity index (χ0) is 20.1. The highest BCUT2D eigenvalue weighted by Crippen LogP contribution is 2.24. The van der Waals surface area contributed by atoms with Gasteiger partial charge in [-0.3, -0.25) is 4.79 Å². The number of aryl methyl sites for hydroxylation is 2. The van der Waals surface area contributed by atoms with Crippen LogP contribution in [-0.4, -0.2) is 34.9 Å². The van der Waals surface area contributed by atoms with E-state index < -0.39 is 5.97 Å². The highest BCUT2D eigenvalue weighted by atomic mass is 32.2. The largest absolute Gasteiger partial charge is 0.465 e. The van der Waals surface area contributed by atoms with Crippen molar-refractivity contribution in [3.05, 3.63) is 59.2 Å². The molecule has 1 aromatic heterocycles. The predicted molar refractivity (Wildman–Crippen MR) is 106 cm³/mol. The molecule has 0 bridgehead atoms. The summed E-state index contributed by atoms with van der Waals surface area (Å²) in [7, 11) is 1.31. The van der Waals surface area contributed by atoms with Crippen LogP contribution in [0.3, 0.4) is 0 Å². The molecule has 7 nitrogen and oxygen atoms in total. The Morgan fingerprint density at radius 2 is 1.86 bits per heavy atom. The van der Waals surface area contributed by atoms with Gasteiger partial charge in [0.25, 0.3) is 5.22 Å². The number of thioether (sulfide) groups is 1. The third-order valence-corrected chi connectivity index (χ3v) is 4.78. The molecule has 0 aliphatic carbocycles. The summed E-state index contributed by atoms with van der Waals surface area (Å²) in [6, 6.07) is 12.7. The van der Waals surface area contributed by atoms with Gasteiger partial charge in [-0.05, 0) is 43.7 Å². The maximum Gasteiger partial charge on any atom is 0.337 e. The van der Waals surface area contributed by atoms with Crippen molar-refractivity contribution in [3.8, 4) is 11.5 Å². The number of benzene rings is 2. The topological polar surface area (TPSA) is 94.3 Å². The number of nitrogens with one attached hydrogen (secondary N) is 1. The fourth-order valence-electron chi connectivity index (χ4n) is 2.40. The summed E-state index contributed by atoms with van der Waals surface area (Å²) in [6.07, 6.45) is 0. The molecule has 0 radical (unpaired) electrons. The molecular formula is C20H19N3O4S. The molecule has 2 aromatic carbocycles. The Kier molecular flexibility index (Phi) is 6.10. The van der Waals surface area contributed by atoms with Crippen LogP contribution in [-0.2, 0) is 9.53 Å². The molecule has 0 aliphatic rings. The van der Waals surface area contributed by atoms with E-state index in [4.69, 9.17) is 9.15 Å². The number of nitrogens with zero attached hydrogens (tertiary/aromatic N) is 2. The third-order valence-electron chi connectivity index (χ3n) is 3.96. The average molecular weight is 397 g/mol. The smallest absolute Gasteiger partial charge is 0.337 e. The van der Waals surface area contributed by atoms with Gasteiger partial charge < -0.3 is 14.5 Å². The van der Waals surface area contributed by atoms with Crippen LogP contribution in [0.1, 0.15) is 21.5 Å². The predicted octanol–water partition coefficient (Wildman–Crippen LogP) is 3.87. The second-order valence-corrected chi connectivity index (χ2v) is 7.02. The summed E-state index contributed by atoms with van der Waals surface area (Å²) in [5, 5.41) is 11.1. The zero-order valence-electron chi connectivity index (χ0n) is 15.7. The lowest BCUT2D eigenvalue weighted by atomic mass is 10.1. The van der Waals surface area contributed by atoms with Gasteiger partial charge in [-0.2, -0.15) is 0 Å². The molecule has 0 unspecified atom stereocenters. The molecular weight excluding hydrogens is 378 g/mol. The van der Waals surface area contributed by atoms with Crippen molar-refractivity contribution in [2.24, 2.45) is 0 Å². The van der Waals surface area contributed by atoms with Gasteiger partial charge >= 0.3 is 5.97 Å². The number of methoxy groups -OCH3 is 1. The number of hydrogen-bond donors (Lipinski definition) is 1. The van der Waals surface area contributed by atoms with Crippen LogP contribution in [0.25, 0.3) is 11.5 Å². The molecule has 0 spiro atoms. The van der Waals surface area contributed by atoms with Crippen molar-refractivity contribution in [1.29, 1.82) is 0 Å². The van der Waals surface area contributed by atoms with Crippen LogP contribution in [0, 0.1) is 13.8 Å². The number of carbonyl (C=O) groups is 2. The summed E-state index contributed by atoms with van der Waals surface area (Å²) in [4.78, 5) is 23.9. The van der Waals surface area contributed by atoms with Gasteiger partial charge in [0.15, 0.2) is 0 Å². The van der Waals surface area contributed by atoms with E-state index in [9.17, 15) is 9.59 Å². The Hall–Kier alpha value is -3.13. The number of amides is 1. The lowest BCUT2D eigenvalue weighted by Gasteiger charge is -2.09. The van der Waals surface area contributed by atoms with Crippen LogP contribution in [0.5, 0.6) is 0 Å². The third kappa shape index (κ3) is 4.77. The molecule has 1 amide bonds. The Morgan fingerprint density at radius 1 is 1.11 bits per heavy atom. The first-order valence-electron chi connectivity index (χ1n) is 8.48. The average Bonchev–Trinajstić information content (AvgIpc) is 3.17. The Morgan fingerprint density at radius 3 is 2.57 bits per heavy atom. The quantitative estimate of drug-likeness (QED) is 0.498. The lowest BCUT2D eigenvalue weighted by molar-refractivity contribution is -0.113. The van der Waals surface area contributed by atoms with Crippen LogP contribution in [0.2, 0.25) is 0 Å². The monoisotopic (exact) mass is 397 g/mol. The van der Waals surface area contributed by atoms with Crippen molar-refractivity contribution in [2.45, 2.75) is 19.1 Å². The standard InChI is InChI=1S/C20H19N3O4S/c1-12-4-7-14(8-5-12)18-22-23-20(27-18)28-11-17(24)21-16-10-15(19(25)26-3)9-6-13(16)2/h4-10H,11H2,1-3H3,(H,21,24). The number of anilines is 1. The van der Waals surface area contributed by atoms with Gasteiger partial charge in [0.05, 0.1) is 18.4 Å². The minimum Gasteiger partial charge on any atom is -0.465 e. The number of esters is 1. The fourth-order valence-corrected chi connectivity index (χ4v) is 2.96. The van der Waals surface area contributed by atoms with Crippen molar-refractivity contribution in [2.75, 3.05) is 18.2 Å². The highest BCUT2D eigenvalue weighted by molar-refractivity contribution is 7.99. The van der Waals surface area contributed by atoms with E-state index in [1.807, 2.05) is 38.1 Å². The summed E-state index contributed by atoms with van der Waals surface area (Å²) in [6.45, 7) is 3.84. The van der Waals surface area contributed by atoms with Crippen molar-refractivity contribution in [3.63, 3.8) is 0 Å². The summed E-state index contributed by atoms with van der Waals surface area (Å²) >= 11 is 1.14. The van der Waals surface area contributed by atoms with Crippen LogP contribution < -0.4 is 5.32 Å². The van der Waals surface area contributed by atoms with Gasteiger partial charge in [0.2, 0.25) is 11.8 Å². The van der Waals surface area contributed by atoms with Crippen LogP contribution >= 0.6 is 11.8 Å². The second-order valence-electron chi connectivity index (χ2n) is 6.10. The molecule has 0 fully saturated rings. The molecule has 0 aliphatic heterocycles. The first kappa shape index (κ1) is 19.6. The van der Waals surface area contributed by atoms with E-state index >= 15 is 0 Å². The van der Waals surface area contributed by atoms with Crippen molar-refractivity contribution < 1.29 is 18.7 Å². The van der Waals surface area contributed by atoms with Gasteiger partial charge in [0.1, 0.15) is 0 Å². The maximum atomic E-state index is 12.3. The number of aromatic nitrogens is 2. The van der Waals surface area contributed by atoms with E-state index in [1.165, 1.54) is 7.11 Å². The number of rotatable bonds is 6. The molecule has 1 N–H and O–H groups in total. The molecule has 0 saturated heterocycles. The van der Waals surface area contributed by atoms with Gasteiger partial charge in [-0.25, -0.2) is 4.79 Å². The normalized spacial score (nSPS) is 10.5. The summed E-state index contributed by atoms with van der Waals surface area (Å²) in [5.41, 5.74) is 3.73. The van der Waals surface area contributed by atoms with E-state index in [-0.39, 0.29) is 11.7 Å². The minimum atomic E-state index is -0.459. The van der Waals surface area contributed by atoms with Crippen molar-refractivity contribution >= 4 is 29.3 Å². The van der Waals surface area contributed by atoms with Crippen LogP contribution in [0.15, 0.2) is 52.1 Å². The molecule has 8 heteroatoms. The van der Waals surface area contributed by atoms with Gasteiger partial charge in [-0.15, -0.1) is 10.2 Å². The molecule has 0 atom stereocenters. The fraction of sp³-hybridized carbons (Fsp3) is 0.200.